The van der Waals surface area contributed by atoms with Crippen LogP contribution in [0.1, 0.15) is 27.6 Å². The number of hydrogen-bond donors (Lipinski definition) is 1. The molecule has 0 unspecified atom stereocenters. The molecule has 0 bridgehead atoms. The van der Waals surface area contributed by atoms with Gasteiger partial charge in [0.05, 0.1) is 10.6 Å². The van der Waals surface area contributed by atoms with Crippen LogP contribution in [0.2, 0.25) is 5.02 Å². The van der Waals surface area contributed by atoms with Crippen LogP contribution in [0.3, 0.4) is 0 Å². The molecule has 0 aliphatic carbocycles. The van der Waals surface area contributed by atoms with E-state index < -0.39 is 5.91 Å². The van der Waals surface area contributed by atoms with E-state index in [2.05, 4.69) is 0 Å². The molecule has 2 N–H and O–H groups in total. The fourth-order valence-electron chi connectivity index (χ4n) is 0.933. The first-order chi connectivity index (χ1) is 6.02. The topological polar surface area (TPSA) is 60.2 Å². The van der Waals surface area contributed by atoms with E-state index in [4.69, 9.17) is 17.3 Å². The molecule has 0 saturated carbocycles. The molecule has 1 aromatic rings. The van der Waals surface area contributed by atoms with Gasteiger partial charge in [0.25, 0.3) is 0 Å². The van der Waals surface area contributed by atoms with E-state index in [1.807, 2.05) is 0 Å². The summed E-state index contributed by atoms with van der Waals surface area (Å²) in [7, 11) is 0. The smallest absolute Gasteiger partial charge is 0.250 e. The number of nitrogens with two attached hydrogens (primary N) is 1. The van der Waals surface area contributed by atoms with Crippen molar-refractivity contribution >= 4 is 23.3 Å². The largest absolute Gasteiger partial charge is 0.366 e. The molecule has 0 spiro atoms. The van der Waals surface area contributed by atoms with Crippen LogP contribution in [0, 0.1) is 0 Å². The number of hydrogen-bond acceptors (Lipinski definition) is 2. The Morgan fingerprint density at radius 3 is 2.46 bits per heavy atom. The van der Waals surface area contributed by atoms with Gasteiger partial charge in [-0.25, -0.2) is 0 Å². The molecule has 0 aliphatic heterocycles. The van der Waals surface area contributed by atoms with Gasteiger partial charge in [0, 0.05) is 5.56 Å². The van der Waals surface area contributed by atoms with Gasteiger partial charge >= 0.3 is 0 Å². The van der Waals surface area contributed by atoms with Crippen molar-refractivity contribution in [3.8, 4) is 0 Å². The fourth-order valence-corrected chi connectivity index (χ4v) is 1.14. The minimum atomic E-state index is -0.631. The summed E-state index contributed by atoms with van der Waals surface area (Å²) in [6, 6.07) is 4.43. The number of benzene rings is 1. The van der Waals surface area contributed by atoms with E-state index in [1.165, 1.54) is 19.1 Å². The molecule has 1 amide bonds. The lowest BCUT2D eigenvalue weighted by Crippen LogP contribution is -2.12. The van der Waals surface area contributed by atoms with Crippen LogP contribution in [0.4, 0.5) is 0 Å². The quantitative estimate of drug-likeness (QED) is 0.733. The summed E-state index contributed by atoms with van der Waals surface area (Å²) >= 11 is 5.68. The highest BCUT2D eigenvalue weighted by Crippen LogP contribution is 2.17. The van der Waals surface area contributed by atoms with Crippen molar-refractivity contribution in [1.82, 2.24) is 0 Å². The molecule has 1 aromatic carbocycles. The maximum Gasteiger partial charge on any atom is 0.250 e. The van der Waals surface area contributed by atoms with Gasteiger partial charge in [-0.3, -0.25) is 9.59 Å². The second kappa shape index (κ2) is 3.58. The van der Waals surface area contributed by atoms with E-state index in [0.717, 1.165) is 0 Å². The molecule has 0 fully saturated rings. The first-order valence-corrected chi connectivity index (χ1v) is 4.00. The van der Waals surface area contributed by atoms with Crippen LogP contribution in [0.5, 0.6) is 0 Å². The maximum absolute atomic E-state index is 10.9. The lowest BCUT2D eigenvalue weighted by molar-refractivity contribution is 0.100. The number of amides is 1. The Kier molecular flexibility index (Phi) is 2.68. The van der Waals surface area contributed by atoms with Crippen LogP contribution in [-0.4, -0.2) is 11.7 Å². The summed E-state index contributed by atoms with van der Waals surface area (Å²) in [6.07, 6.45) is 0. The summed E-state index contributed by atoms with van der Waals surface area (Å²) in [5.41, 5.74) is 5.65. The van der Waals surface area contributed by atoms with Crippen LogP contribution >= 0.6 is 11.6 Å². The highest BCUT2D eigenvalue weighted by atomic mass is 35.5. The van der Waals surface area contributed by atoms with Gasteiger partial charge in [-0.15, -0.1) is 0 Å². The summed E-state index contributed by atoms with van der Waals surface area (Å²) in [4.78, 5) is 21.8. The third-order valence-corrected chi connectivity index (χ3v) is 1.97. The van der Waals surface area contributed by atoms with Gasteiger partial charge in [-0.05, 0) is 25.1 Å². The Hall–Kier alpha value is -1.35. The summed E-state index contributed by atoms with van der Waals surface area (Å²) in [5, 5.41) is 0.262. The highest BCUT2D eigenvalue weighted by Gasteiger charge is 2.08. The van der Waals surface area contributed by atoms with Gasteiger partial charge in [0.2, 0.25) is 5.91 Å². The molecule has 0 radical (unpaired) electrons. The average molecular weight is 198 g/mol. The van der Waals surface area contributed by atoms with Crippen molar-refractivity contribution in [2.45, 2.75) is 6.92 Å². The first kappa shape index (κ1) is 9.74. The number of Topliss-reactive ketones (excluding diaryl/α,β-unsaturated/α-hetero) is 1. The Morgan fingerprint density at radius 2 is 2.00 bits per heavy atom. The number of rotatable bonds is 2. The van der Waals surface area contributed by atoms with E-state index in [0.29, 0.717) is 5.56 Å². The Morgan fingerprint density at radius 1 is 1.38 bits per heavy atom. The van der Waals surface area contributed by atoms with Crippen molar-refractivity contribution in [2.24, 2.45) is 5.73 Å². The molecule has 0 heterocycles. The Labute approximate surface area is 80.5 Å². The molecule has 1 rings (SSSR count). The number of carbonyl (C=O) groups is 2. The molecule has 0 atom stereocenters. The van der Waals surface area contributed by atoms with Gasteiger partial charge in [0.1, 0.15) is 0 Å². The van der Waals surface area contributed by atoms with Crippen molar-refractivity contribution in [1.29, 1.82) is 0 Å². The van der Waals surface area contributed by atoms with Gasteiger partial charge in [-0.2, -0.15) is 0 Å². The van der Waals surface area contributed by atoms with Crippen LogP contribution in [-0.2, 0) is 0 Å². The number of halogens is 1. The second-order valence-corrected chi connectivity index (χ2v) is 3.02. The summed E-state index contributed by atoms with van der Waals surface area (Å²) in [5.74, 6) is -0.757. The van der Waals surface area contributed by atoms with Gasteiger partial charge in [0.15, 0.2) is 5.78 Å². The normalized spacial score (nSPS) is 9.69. The minimum absolute atomic E-state index is 0.126. The van der Waals surface area contributed by atoms with E-state index >= 15 is 0 Å². The molecule has 4 heteroatoms. The van der Waals surface area contributed by atoms with Crippen molar-refractivity contribution in [3.63, 3.8) is 0 Å². The van der Waals surface area contributed by atoms with Gasteiger partial charge in [-0.1, -0.05) is 11.6 Å². The third kappa shape index (κ3) is 2.06. The Bertz CT molecular complexity index is 374. The number of carbonyl (C=O) groups excluding carboxylic acids is 2. The zero-order valence-corrected chi connectivity index (χ0v) is 7.76. The van der Waals surface area contributed by atoms with E-state index in [-0.39, 0.29) is 16.4 Å². The minimum Gasteiger partial charge on any atom is -0.366 e. The molecular weight excluding hydrogens is 190 g/mol. The molecule has 0 aliphatic rings. The average Bonchev–Trinajstić information content (AvgIpc) is 2.04. The predicted molar refractivity (Wildman–Crippen MR) is 50.0 cm³/mol. The van der Waals surface area contributed by atoms with E-state index in [9.17, 15) is 9.59 Å². The molecule has 3 nitrogen and oxygen atoms in total. The number of primary amides is 1. The molecule has 68 valence electrons. The van der Waals surface area contributed by atoms with Gasteiger partial charge < -0.3 is 5.73 Å². The molecule has 0 saturated heterocycles. The molecule has 13 heavy (non-hydrogen) atoms. The van der Waals surface area contributed by atoms with E-state index in [1.54, 1.807) is 6.07 Å². The van der Waals surface area contributed by atoms with Crippen molar-refractivity contribution in [3.05, 3.63) is 34.3 Å². The highest BCUT2D eigenvalue weighted by molar-refractivity contribution is 6.34. The maximum atomic E-state index is 10.9. The fraction of sp³-hybridized carbons (Fsp3) is 0.111. The second-order valence-electron chi connectivity index (χ2n) is 2.62. The zero-order chi connectivity index (χ0) is 10.0. The number of ketones is 1. The van der Waals surface area contributed by atoms with Crippen LogP contribution in [0.15, 0.2) is 18.2 Å². The monoisotopic (exact) mass is 197 g/mol. The molecule has 0 aromatic heterocycles. The molecular formula is C9H8ClNO2. The zero-order valence-electron chi connectivity index (χ0n) is 7.00. The predicted octanol–water partition coefficient (Wildman–Crippen LogP) is 1.64. The first-order valence-electron chi connectivity index (χ1n) is 3.62. The third-order valence-electron chi connectivity index (χ3n) is 1.64. The lowest BCUT2D eigenvalue weighted by Gasteiger charge is -2.01. The van der Waals surface area contributed by atoms with Crippen LogP contribution < -0.4 is 5.73 Å². The Balaban J connectivity index is 3.27. The van der Waals surface area contributed by atoms with Crippen molar-refractivity contribution in [2.75, 3.05) is 0 Å². The van der Waals surface area contributed by atoms with Crippen LogP contribution in [0.25, 0.3) is 0 Å². The lowest BCUT2D eigenvalue weighted by atomic mass is 10.1. The standard InChI is InChI=1S/C9H8ClNO2/c1-5(12)6-2-3-8(10)7(4-6)9(11)13/h2-4H,1H3,(H2,11,13). The SMILES string of the molecule is CC(=O)c1ccc(Cl)c(C(N)=O)c1. The van der Waals surface area contributed by atoms with Crippen molar-refractivity contribution < 1.29 is 9.59 Å². The summed E-state index contributed by atoms with van der Waals surface area (Å²) < 4.78 is 0. The summed E-state index contributed by atoms with van der Waals surface area (Å²) in [6.45, 7) is 1.41.